The summed E-state index contributed by atoms with van der Waals surface area (Å²) < 4.78 is 5.63. The summed E-state index contributed by atoms with van der Waals surface area (Å²) in [6.45, 7) is 6.24. The highest BCUT2D eigenvalue weighted by Gasteiger charge is 2.09. The molecule has 0 fully saturated rings. The summed E-state index contributed by atoms with van der Waals surface area (Å²) in [7, 11) is 0. The van der Waals surface area contributed by atoms with Gasteiger partial charge >= 0.3 is 0 Å². The van der Waals surface area contributed by atoms with Crippen LogP contribution in [0.5, 0.6) is 5.75 Å². The van der Waals surface area contributed by atoms with Gasteiger partial charge in [0.2, 0.25) is 0 Å². The first-order valence-corrected chi connectivity index (χ1v) is 7.61. The fourth-order valence-corrected chi connectivity index (χ4v) is 2.01. The van der Waals surface area contributed by atoms with E-state index in [1.165, 1.54) is 6.92 Å². The summed E-state index contributed by atoms with van der Waals surface area (Å²) in [5, 5.41) is 2.80. The zero-order valence-corrected chi connectivity index (χ0v) is 13.6. The van der Waals surface area contributed by atoms with Gasteiger partial charge in [-0.2, -0.15) is 0 Å². The summed E-state index contributed by atoms with van der Waals surface area (Å²) in [5.74, 6) is 0.816. The van der Waals surface area contributed by atoms with Crippen LogP contribution >= 0.6 is 0 Å². The smallest absolute Gasteiger partial charge is 0.255 e. The predicted octanol–water partition coefficient (Wildman–Crippen LogP) is 4.18. The van der Waals surface area contributed by atoms with Crippen molar-refractivity contribution in [2.24, 2.45) is 5.92 Å². The Hall–Kier alpha value is -2.62. The van der Waals surface area contributed by atoms with Crippen LogP contribution in [0.25, 0.3) is 0 Å². The fourth-order valence-electron chi connectivity index (χ4n) is 2.01. The van der Waals surface area contributed by atoms with Crippen LogP contribution in [-0.4, -0.2) is 18.3 Å². The average molecular weight is 311 g/mol. The SMILES string of the molecule is CC(=O)c1cccc(NC(=O)c2cccc(OCC(C)C)c2)c1. The Labute approximate surface area is 136 Å². The predicted molar refractivity (Wildman–Crippen MR) is 91.2 cm³/mol. The van der Waals surface area contributed by atoms with E-state index in [-0.39, 0.29) is 11.7 Å². The van der Waals surface area contributed by atoms with Crippen LogP contribution in [0.2, 0.25) is 0 Å². The maximum Gasteiger partial charge on any atom is 0.255 e. The molecule has 0 radical (unpaired) electrons. The van der Waals surface area contributed by atoms with Crippen LogP contribution in [0.4, 0.5) is 5.69 Å². The molecule has 0 heterocycles. The van der Waals surface area contributed by atoms with Crippen LogP contribution in [0.15, 0.2) is 48.5 Å². The van der Waals surface area contributed by atoms with Gasteiger partial charge in [-0.25, -0.2) is 0 Å². The van der Waals surface area contributed by atoms with Gasteiger partial charge in [-0.1, -0.05) is 32.0 Å². The van der Waals surface area contributed by atoms with Crippen molar-refractivity contribution in [1.29, 1.82) is 0 Å². The number of carbonyl (C=O) groups is 2. The monoisotopic (exact) mass is 311 g/mol. The van der Waals surface area contributed by atoms with Gasteiger partial charge in [-0.3, -0.25) is 9.59 Å². The molecule has 0 atom stereocenters. The van der Waals surface area contributed by atoms with Crippen molar-refractivity contribution in [2.75, 3.05) is 11.9 Å². The van der Waals surface area contributed by atoms with Crippen molar-refractivity contribution in [1.82, 2.24) is 0 Å². The van der Waals surface area contributed by atoms with Crippen molar-refractivity contribution >= 4 is 17.4 Å². The number of anilines is 1. The zero-order valence-electron chi connectivity index (χ0n) is 13.6. The number of carbonyl (C=O) groups excluding carboxylic acids is 2. The number of benzene rings is 2. The number of Topliss-reactive ketones (excluding diaryl/α,β-unsaturated/α-hetero) is 1. The van der Waals surface area contributed by atoms with Gasteiger partial charge in [0, 0.05) is 16.8 Å². The molecule has 1 N–H and O–H groups in total. The molecule has 4 heteroatoms. The molecule has 0 saturated heterocycles. The minimum absolute atomic E-state index is 0.0369. The molecule has 0 aromatic heterocycles. The van der Waals surface area contributed by atoms with E-state index in [0.29, 0.717) is 35.1 Å². The molecule has 0 spiro atoms. The van der Waals surface area contributed by atoms with Gasteiger partial charge in [-0.15, -0.1) is 0 Å². The van der Waals surface area contributed by atoms with Gasteiger partial charge in [0.25, 0.3) is 5.91 Å². The Morgan fingerprint density at radius 2 is 1.74 bits per heavy atom. The second kappa shape index (κ2) is 7.58. The van der Waals surface area contributed by atoms with Crippen molar-refractivity contribution in [3.8, 4) is 5.75 Å². The van der Waals surface area contributed by atoms with E-state index in [2.05, 4.69) is 19.2 Å². The molecule has 4 nitrogen and oxygen atoms in total. The number of hydrogen-bond acceptors (Lipinski definition) is 3. The molecule has 2 rings (SSSR count). The third-order valence-corrected chi connectivity index (χ3v) is 3.21. The third-order valence-electron chi connectivity index (χ3n) is 3.21. The number of ketones is 1. The van der Waals surface area contributed by atoms with Crippen molar-refractivity contribution in [3.05, 3.63) is 59.7 Å². The first-order chi connectivity index (χ1) is 11.0. The molecule has 0 aliphatic carbocycles. The zero-order chi connectivity index (χ0) is 16.8. The molecular weight excluding hydrogens is 290 g/mol. The average Bonchev–Trinajstić information content (AvgIpc) is 2.53. The molecule has 0 aliphatic rings. The maximum absolute atomic E-state index is 12.3. The molecular formula is C19H21NO3. The lowest BCUT2D eigenvalue weighted by Crippen LogP contribution is -2.12. The van der Waals surface area contributed by atoms with E-state index in [9.17, 15) is 9.59 Å². The number of amides is 1. The van der Waals surface area contributed by atoms with Crippen LogP contribution in [-0.2, 0) is 0 Å². The van der Waals surface area contributed by atoms with Crippen LogP contribution in [0.1, 0.15) is 41.5 Å². The van der Waals surface area contributed by atoms with Crippen molar-refractivity contribution in [3.63, 3.8) is 0 Å². The Morgan fingerprint density at radius 3 is 2.43 bits per heavy atom. The van der Waals surface area contributed by atoms with Crippen molar-refractivity contribution < 1.29 is 14.3 Å². The Bertz CT molecular complexity index is 707. The summed E-state index contributed by atoms with van der Waals surface area (Å²) >= 11 is 0. The van der Waals surface area contributed by atoms with E-state index in [1.807, 2.05) is 6.07 Å². The van der Waals surface area contributed by atoms with Crippen LogP contribution < -0.4 is 10.1 Å². The van der Waals surface area contributed by atoms with Gasteiger partial charge in [0.1, 0.15) is 5.75 Å². The standard InChI is InChI=1S/C19H21NO3/c1-13(2)12-23-18-9-5-7-16(11-18)19(22)20-17-8-4-6-15(10-17)14(3)21/h4-11,13H,12H2,1-3H3,(H,20,22). The molecule has 120 valence electrons. The minimum Gasteiger partial charge on any atom is -0.493 e. The van der Waals surface area contributed by atoms with Gasteiger partial charge < -0.3 is 10.1 Å². The summed E-state index contributed by atoms with van der Waals surface area (Å²) in [6, 6.07) is 13.9. The second-order valence-electron chi connectivity index (χ2n) is 5.82. The molecule has 0 saturated carbocycles. The second-order valence-corrected chi connectivity index (χ2v) is 5.82. The summed E-state index contributed by atoms with van der Waals surface area (Å²) in [4.78, 5) is 23.7. The highest BCUT2D eigenvalue weighted by Crippen LogP contribution is 2.17. The molecule has 1 amide bonds. The normalized spacial score (nSPS) is 10.4. The fraction of sp³-hybridized carbons (Fsp3) is 0.263. The van der Waals surface area contributed by atoms with Gasteiger partial charge in [-0.05, 0) is 43.2 Å². The summed E-state index contributed by atoms with van der Waals surface area (Å²) in [6.07, 6.45) is 0. The third kappa shape index (κ3) is 4.95. The lowest BCUT2D eigenvalue weighted by atomic mass is 10.1. The largest absolute Gasteiger partial charge is 0.493 e. The number of hydrogen-bond donors (Lipinski definition) is 1. The molecule has 2 aromatic rings. The summed E-state index contributed by atoms with van der Waals surface area (Å²) in [5.41, 5.74) is 1.67. The van der Waals surface area contributed by atoms with E-state index in [1.54, 1.807) is 42.5 Å². The Kier molecular flexibility index (Phi) is 5.52. The molecule has 23 heavy (non-hydrogen) atoms. The van der Waals surface area contributed by atoms with E-state index in [4.69, 9.17) is 4.74 Å². The highest BCUT2D eigenvalue weighted by molar-refractivity contribution is 6.05. The quantitative estimate of drug-likeness (QED) is 0.814. The Morgan fingerprint density at radius 1 is 1.04 bits per heavy atom. The van der Waals surface area contributed by atoms with E-state index in [0.717, 1.165) is 0 Å². The first kappa shape index (κ1) is 16.7. The number of nitrogens with one attached hydrogen (secondary N) is 1. The number of rotatable bonds is 6. The van der Waals surface area contributed by atoms with E-state index >= 15 is 0 Å². The topological polar surface area (TPSA) is 55.4 Å². The lowest BCUT2D eigenvalue weighted by molar-refractivity contribution is 0.101. The molecule has 0 unspecified atom stereocenters. The minimum atomic E-state index is -0.235. The van der Waals surface area contributed by atoms with E-state index < -0.39 is 0 Å². The molecule has 0 bridgehead atoms. The molecule has 2 aromatic carbocycles. The lowest BCUT2D eigenvalue weighted by Gasteiger charge is -2.10. The first-order valence-electron chi connectivity index (χ1n) is 7.61. The highest BCUT2D eigenvalue weighted by atomic mass is 16.5. The van der Waals surface area contributed by atoms with Gasteiger partial charge in [0.05, 0.1) is 6.61 Å². The van der Waals surface area contributed by atoms with Crippen molar-refractivity contribution in [2.45, 2.75) is 20.8 Å². The molecule has 0 aliphatic heterocycles. The van der Waals surface area contributed by atoms with Crippen LogP contribution in [0.3, 0.4) is 0 Å². The van der Waals surface area contributed by atoms with Gasteiger partial charge in [0.15, 0.2) is 5.78 Å². The number of ether oxygens (including phenoxy) is 1. The Balaban J connectivity index is 2.10. The van der Waals surface area contributed by atoms with Crippen LogP contribution in [0, 0.1) is 5.92 Å². The maximum atomic E-state index is 12.3.